The monoisotopic (exact) mass is 301 g/mol. The van der Waals surface area contributed by atoms with E-state index in [0.717, 1.165) is 16.6 Å². The Morgan fingerprint density at radius 1 is 1.35 bits per heavy atom. The number of rotatable bonds is 7. The highest BCUT2D eigenvalue weighted by atomic mass is 79.9. The molecule has 0 spiro atoms. The smallest absolute Gasteiger partial charge is 0.119 e. The van der Waals surface area contributed by atoms with Gasteiger partial charge in [0.2, 0.25) is 0 Å². The lowest BCUT2D eigenvalue weighted by atomic mass is 10.2. The number of benzene rings is 1. The highest BCUT2D eigenvalue weighted by Crippen LogP contribution is 2.16. The van der Waals surface area contributed by atoms with Gasteiger partial charge in [-0.3, -0.25) is 0 Å². The number of halogens is 1. The first kappa shape index (κ1) is 14.5. The molecule has 4 heteroatoms. The SMILES string of the molecule is CCC(C)NCC(O)COc1ccc(Br)cc1. The maximum atomic E-state index is 9.71. The zero-order valence-electron chi connectivity index (χ0n) is 10.3. The van der Waals surface area contributed by atoms with Gasteiger partial charge in [0, 0.05) is 17.1 Å². The first-order valence-corrected chi connectivity index (χ1v) is 6.71. The average Bonchev–Trinajstić information content (AvgIpc) is 2.35. The summed E-state index contributed by atoms with van der Waals surface area (Å²) >= 11 is 3.36. The highest BCUT2D eigenvalue weighted by Gasteiger charge is 2.06. The van der Waals surface area contributed by atoms with Crippen molar-refractivity contribution in [2.45, 2.75) is 32.4 Å². The Bertz CT molecular complexity index is 316. The molecule has 0 aromatic heterocycles. The molecule has 0 heterocycles. The lowest BCUT2D eigenvalue weighted by Crippen LogP contribution is -2.36. The fourth-order valence-corrected chi connectivity index (χ4v) is 1.53. The summed E-state index contributed by atoms with van der Waals surface area (Å²) in [7, 11) is 0. The standard InChI is InChI=1S/C13H20BrNO2/c1-3-10(2)15-8-12(16)9-17-13-6-4-11(14)5-7-13/h4-7,10,12,15-16H,3,8-9H2,1-2H3. The van der Waals surface area contributed by atoms with Crippen LogP contribution in [0.3, 0.4) is 0 Å². The van der Waals surface area contributed by atoms with Crippen molar-refractivity contribution in [3.63, 3.8) is 0 Å². The summed E-state index contributed by atoms with van der Waals surface area (Å²) in [6, 6.07) is 8.01. The second-order valence-electron chi connectivity index (χ2n) is 4.14. The Balaban J connectivity index is 2.23. The summed E-state index contributed by atoms with van der Waals surface area (Å²) in [5.74, 6) is 0.774. The summed E-state index contributed by atoms with van der Waals surface area (Å²) in [4.78, 5) is 0. The topological polar surface area (TPSA) is 41.5 Å². The predicted molar refractivity (Wildman–Crippen MR) is 73.4 cm³/mol. The molecule has 0 aliphatic carbocycles. The molecule has 0 aliphatic rings. The Hall–Kier alpha value is -0.580. The van der Waals surface area contributed by atoms with Crippen LogP contribution in [-0.4, -0.2) is 30.4 Å². The van der Waals surface area contributed by atoms with Gasteiger partial charge in [-0.15, -0.1) is 0 Å². The van der Waals surface area contributed by atoms with Crippen LogP contribution in [0.1, 0.15) is 20.3 Å². The van der Waals surface area contributed by atoms with Crippen molar-refractivity contribution >= 4 is 15.9 Å². The molecule has 0 saturated heterocycles. The number of aliphatic hydroxyl groups excluding tert-OH is 1. The first-order chi connectivity index (χ1) is 8.11. The minimum absolute atomic E-state index is 0.311. The van der Waals surface area contributed by atoms with E-state index >= 15 is 0 Å². The van der Waals surface area contributed by atoms with Crippen molar-refractivity contribution in [2.75, 3.05) is 13.2 Å². The third-order valence-electron chi connectivity index (χ3n) is 2.57. The molecule has 1 aromatic carbocycles. The van der Waals surface area contributed by atoms with Crippen LogP contribution in [0.15, 0.2) is 28.7 Å². The molecule has 17 heavy (non-hydrogen) atoms. The van der Waals surface area contributed by atoms with Crippen LogP contribution in [0.25, 0.3) is 0 Å². The van der Waals surface area contributed by atoms with Gasteiger partial charge in [0.05, 0.1) is 0 Å². The molecule has 0 saturated carbocycles. The van der Waals surface area contributed by atoms with Crippen molar-refractivity contribution in [1.82, 2.24) is 5.32 Å². The van der Waals surface area contributed by atoms with Crippen molar-refractivity contribution < 1.29 is 9.84 Å². The van der Waals surface area contributed by atoms with Crippen LogP contribution in [0, 0.1) is 0 Å². The lowest BCUT2D eigenvalue weighted by molar-refractivity contribution is 0.104. The third kappa shape index (κ3) is 6.05. The maximum Gasteiger partial charge on any atom is 0.119 e. The molecule has 0 radical (unpaired) electrons. The predicted octanol–water partition coefficient (Wildman–Crippen LogP) is 2.58. The van der Waals surface area contributed by atoms with Crippen LogP contribution in [0.5, 0.6) is 5.75 Å². The van der Waals surface area contributed by atoms with Crippen molar-refractivity contribution in [3.8, 4) is 5.75 Å². The van der Waals surface area contributed by atoms with Gasteiger partial charge in [0.1, 0.15) is 18.5 Å². The van der Waals surface area contributed by atoms with Crippen LogP contribution >= 0.6 is 15.9 Å². The number of aliphatic hydroxyl groups is 1. The number of ether oxygens (including phenoxy) is 1. The van der Waals surface area contributed by atoms with E-state index in [1.807, 2.05) is 24.3 Å². The van der Waals surface area contributed by atoms with E-state index in [0.29, 0.717) is 19.2 Å². The van der Waals surface area contributed by atoms with E-state index in [1.165, 1.54) is 0 Å². The van der Waals surface area contributed by atoms with Gasteiger partial charge < -0.3 is 15.2 Å². The number of nitrogens with one attached hydrogen (secondary N) is 1. The van der Waals surface area contributed by atoms with Gasteiger partial charge >= 0.3 is 0 Å². The summed E-state index contributed by atoms with van der Waals surface area (Å²) in [6.45, 7) is 5.08. The Morgan fingerprint density at radius 2 is 2.00 bits per heavy atom. The summed E-state index contributed by atoms with van der Waals surface area (Å²) in [6.07, 6.45) is 0.577. The van der Waals surface area contributed by atoms with E-state index in [2.05, 4.69) is 35.1 Å². The van der Waals surface area contributed by atoms with Crippen LogP contribution < -0.4 is 10.1 Å². The minimum atomic E-state index is -0.479. The van der Waals surface area contributed by atoms with Crippen LogP contribution in [0.2, 0.25) is 0 Å². The molecule has 3 nitrogen and oxygen atoms in total. The zero-order chi connectivity index (χ0) is 12.7. The minimum Gasteiger partial charge on any atom is -0.491 e. The molecular formula is C13H20BrNO2. The summed E-state index contributed by atoms with van der Waals surface area (Å²) in [5.41, 5.74) is 0. The van der Waals surface area contributed by atoms with Crippen molar-refractivity contribution in [3.05, 3.63) is 28.7 Å². The van der Waals surface area contributed by atoms with E-state index in [9.17, 15) is 5.11 Å². The molecule has 0 aliphatic heterocycles. The molecule has 0 bridgehead atoms. The van der Waals surface area contributed by atoms with Crippen LogP contribution in [-0.2, 0) is 0 Å². The van der Waals surface area contributed by atoms with Gasteiger partial charge in [-0.25, -0.2) is 0 Å². The van der Waals surface area contributed by atoms with Crippen LogP contribution in [0.4, 0.5) is 0 Å². The van der Waals surface area contributed by atoms with Gasteiger partial charge in [-0.2, -0.15) is 0 Å². The number of hydrogen-bond donors (Lipinski definition) is 2. The first-order valence-electron chi connectivity index (χ1n) is 5.91. The molecule has 1 rings (SSSR count). The Kier molecular flexibility index (Phi) is 6.55. The van der Waals surface area contributed by atoms with E-state index < -0.39 is 6.10 Å². The molecule has 0 amide bonds. The molecule has 0 fully saturated rings. The largest absolute Gasteiger partial charge is 0.491 e. The van der Waals surface area contributed by atoms with Crippen molar-refractivity contribution in [1.29, 1.82) is 0 Å². The van der Waals surface area contributed by atoms with E-state index in [1.54, 1.807) is 0 Å². The zero-order valence-corrected chi connectivity index (χ0v) is 11.9. The second kappa shape index (κ2) is 7.69. The quantitative estimate of drug-likeness (QED) is 0.813. The summed E-state index contributed by atoms with van der Waals surface area (Å²) in [5, 5.41) is 13.0. The van der Waals surface area contributed by atoms with Gasteiger partial charge in [0.15, 0.2) is 0 Å². The van der Waals surface area contributed by atoms with E-state index in [4.69, 9.17) is 4.74 Å². The Morgan fingerprint density at radius 3 is 2.59 bits per heavy atom. The third-order valence-corrected chi connectivity index (χ3v) is 3.10. The van der Waals surface area contributed by atoms with Gasteiger partial charge in [-0.05, 0) is 37.6 Å². The van der Waals surface area contributed by atoms with Gasteiger partial charge in [0.25, 0.3) is 0 Å². The molecule has 96 valence electrons. The number of hydrogen-bond acceptors (Lipinski definition) is 3. The maximum absolute atomic E-state index is 9.71. The lowest BCUT2D eigenvalue weighted by Gasteiger charge is -2.16. The normalized spacial score (nSPS) is 14.4. The second-order valence-corrected chi connectivity index (χ2v) is 5.05. The Labute approximate surface area is 111 Å². The fraction of sp³-hybridized carbons (Fsp3) is 0.538. The van der Waals surface area contributed by atoms with E-state index in [-0.39, 0.29) is 0 Å². The molecule has 2 atom stereocenters. The molecule has 2 unspecified atom stereocenters. The molecular weight excluding hydrogens is 282 g/mol. The van der Waals surface area contributed by atoms with Gasteiger partial charge in [-0.1, -0.05) is 22.9 Å². The molecule has 2 N–H and O–H groups in total. The highest BCUT2D eigenvalue weighted by molar-refractivity contribution is 9.10. The fourth-order valence-electron chi connectivity index (χ4n) is 1.26. The average molecular weight is 302 g/mol. The summed E-state index contributed by atoms with van der Waals surface area (Å²) < 4.78 is 6.50. The molecule has 1 aromatic rings. The van der Waals surface area contributed by atoms with Crippen molar-refractivity contribution in [2.24, 2.45) is 0 Å².